The van der Waals surface area contributed by atoms with E-state index in [1.54, 1.807) is 0 Å². The van der Waals surface area contributed by atoms with Gasteiger partial charge in [-0.3, -0.25) is 9.69 Å². The lowest BCUT2D eigenvalue weighted by atomic mass is 10.2. The quantitative estimate of drug-likeness (QED) is 0.858. The van der Waals surface area contributed by atoms with Crippen molar-refractivity contribution in [2.75, 3.05) is 6.54 Å². The Morgan fingerprint density at radius 1 is 1.57 bits per heavy atom. The number of aliphatic carboxylic acids is 1. The van der Waals surface area contributed by atoms with Crippen LogP contribution in [0.15, 0.2) is 20.4 Å². The number of nitrogens with zero attached hydrogens (tertiary/aromatic N) is 3. The van der Waals surface area contributed by atoms with Crippen LogP contribution in [0.2, 0.25) is 0 Å². The summed E-state index contributed by atoms with van der Waals surface area (Å²) >= 11 is 4.92. The zero-order valence-corrected chi connectivity index (χ0v) is 14.1. The van der Waals surface area contributed by atoms with E-state index in [0.29, 0.717) is 24.7 Å². The second-order valence-electron chi connectivity index (χ2n) is 4.58. The molecule has 3 heterocycles. The third kappa shape index (κ3) is 3.63. The zero-order chi connectivity index (χ0) is 14.1. The highest BCUT2D eigenvalue weighted by Gasteiger charge is 2.31. The molecule has 0 aromatic carbocycles. The summed E-state index contributed by atoms with van der Waals surface area (Å²) in [5.41, 5.74) is 0. The Morgan fingerprint density at radius 3 is 3.05 bits per heavy atom. The summed E-state index contributed by atoms with van der Waals surface area (Å²) < 4.78 is 6.22. The molecule has 1 aliphatic heterocycles. The number of hydrogen-bond acceptors (Lipinski definition) is 6. The van der Waals surface area contributed by atoms with E-state index >= 15 is 0 Å². The second kappa shape index (κ2) is 6.87. The Hall–Kier alpha value is -0.960. The maximum Gasteiger partial charge on any atom is 0.320 e. The van der Waals surface area contributed by atoms with Crippen molar-refractivity contribution in [1.82, 2.24) is 15.0 Å². The van der Waals surface area contributed by atoms with Crippen molar-refractivity contribution in [3.63, 3.8) is 0 Å². The van der Waals surface area contributed by atoms with E-state index in [1.165, 1.54) is 11.3 Å². The highest BCUT2D eigenvalue weighted by molar-refractivity contribution is 9.11. The lowest BCUT2D eigenvalue weighted by Crippen LogP contribution is -2.35. The molecule has 1 atom stereocenters. The van der Waals surface area contributed by atoms with Crippen LogP contribution in [-0.4, -0.2) is 38.7 Å². The van der Waals surface area contributed by atoms with E-state index in [2.05, 4.69) is 26.1 Å². The number of carboxylic acids is 1. The maximum atomic E-state index is 11.1. The first kappa shape index (κ1) is 16.4. The van der Waals surface area contributed by atoms with Crippen LogP contribution in [0, 0.1) is 0 Å². The van der Waals surface area contributed by atoms with Gasteiger partial charge in [-0.15, -0.1) is 23.7 Å². The number of carboxylic acid groups (broad SMARTS) is 1. The summed E-state index contributed by atoms with van der Waals surface area (Å²) in [6.45, 7) is 1.13. The number of carbonyl (C=O) groups is 1. The SMILES string of the molecule is Cl.O=C(O)C1CCCN1Cc1nc(-c2ccc(Br)s2)no1. The first-order chi connectivity index (χ1) is 9.63. The number of thiophene rings is 1. The number of hydrogen-bond donors (Lipinski definition) is 1. The van der Waals surface area contributed by atoms with Gasteiger partial charge in [0.15, 0.2) is 0 Å². The zero-order valence-electron chi connectivity index (χ0n) is 10.9. The highest BCUT2D eigenvalue weighted by atomic mass is 79.9. The average Bonchev–Trinajstić information content (AvgIpc) is 3.09. The third-order valence-electron chi connectivity index (χ3n) is 3.25. The van der Waals surface area contributed by atoms with Crippen LogP contribution in [0.5, 0.6) is 0 Å². The molecule has 6 nitrogen and oxygen atoms in total. The molecule has 3 rings (SSSR count). The van der Waals surface area contributed by atoms with Gasteiger partial charge in [0.05, 0.1) is 15.2 Å². The summed E-state index contributed by atoms with van der Waals surface area (Å²) in [5.74, 6) is 0.212. The van der Waals surface area contributed by atoms with Crippen LogP contribution in [-0.2, 0) is 11.3 Å². The normalized spacial score (nSPS) is 18.6. The van der Waals surface area contributed by atoms with Gasteiger partial charge in [0.1, 0.15) is 6.04 Å². The largest absolute Gasteiger partial charge is 0.480 e. The van der Waals surface area contributed by atoms with Gasteiger partial charge in [-0.2, -0.15) is 4.98 Å². The standard InChI is InChI=1S/C12H12BrN3O3S.ClH/c13-9-4-3-8(20-9)11-14-10(19-15-11)6-16-5-1-2-7(16)12(17)18;/h3-4,7H,1-2,5-6H2,(H,17,18);1H. The Bertz CT molecular complexity index is 633. The summed E-state index contributed by atoms with van der Waals surface area (Å²) in [7, 11) is 0. The average molecular weight is 395 g/mol. The van der Waals surface area contributed by atoms with Gasteiger partial charge in [0.2, 0.25) is 11.7 Å². The first-order valence-electron chi connectivity index (χ1n) is 6.18. The van der Waals surface area contributed by atoms with Crippen molar-refractivity contribution < 1.29 is 14.4 Å². The molecule has 2 aromatic rings. The number of aromatic nitrogens is 2. The Balaban J connectivity index is 0.00000161. The van der Waals surface area contributed by atoms with Gasteiger partial charge >= 0.3 is 5.97 Å². The van der Waals surface area contributed by atoms with Gasteiger partial charge in [-0.1, -0.05) is 5.16 Å². The molecule has 1 fully saturated rings. The summed E-state index contributed by atoms with van der Waals surface area (Å²) in [4.78, 5) is 18.2. The molecule has 114 valence electrons. The molecule has 0 aliphatic carbocycles. The first-order valence-corrected chi connectivity index (χ1v) is 7.79. The predicted octanol–water partition coefficient (Wildman–Crippen LogP) is 3.03. The molecule has 1 aliphatic rings. The van der Waals surface area contributed by atoms with E-state index in [1.807, 2.05) is 17.0 Å². The van der Waals surface area contributed by atoms with E-state index in [4.69, 9.17) is 9.63 Å². The van der Waals surface area contributed by atoms with Gasteiger partial charge in [-0.05, 0) is 47.4 Å². The lowest BCUT2D eigenvalue weighted by Gasteiger charge is -2.18. The van der Waals surface area contributed by atoms with Gasteiger partial charge < -0.3 is 9.63 Å². The molecular weight excluding hydrogens is 382 g/mol. The molecule has 21 heavy (non-hydrogen) atoms. The highest BCUT2D eigenvalue weighted by Crippen LogP contribution is 2.29. The molecule has 0 bridgehead atoms. The second-order valence-corrected chi connectivity index (χ2v) is 7.05. The molecular formula is C12H13BrClN3O3S. The van der Waals surface area contributed by atoms with E-state index in [-0.39, 0.29) is 12.4 Å². The van der Waals surface area contributed by atoms with E-state index in [9.17, 15) is 4.79 Å². The van der Waals surface area contributed by atoms with Crippen molar-refractivity contribution in [3.8, 4) is 10.7 Å². The fourth-order valence-corrected chi connectivity index (χ4v) is 3.63. The van der Waals surface area contributed by atoms with Gasteiger partial charge in [0.25, 0.3) is 0 Å². The Labute approximate surface area is 139 Å². The van der Waals surface area contributed by atoms with Crippen molar-refractivity contribution in [2.45, 2.75) is 25.4 Å². The minimum Gasteiger partial charge on any atom is -0.480 e. The fourth-order valence-electron chi connectivity index (χ4n) is 2.32. The monoisotopic (exact) mass is 393 g/mol. The Morgan fingerprint density at radius 2 is 2.38 bits per heavy atom. The smallest absolute Gasteiger partial charge is 0.320 e. The van der Waals surface area contributed by atoms with Crippen LogP contribution in [0.25, 0.3) is 10.7 Å². The third-order valence-corrected chi connectivity index (χ3v) is 4.87. The van der Waals surface area contributed by atoms with Crippen LogP contribution in [0.1, 0.15) is 18.7 Å². The minimum absolute atomic E-state index is 0. The molecule has 0 amide bonds. The molecule has 0 saturated carbocycles. The fraction of sp³-hybridized carbons (Fsp3) is 0.417. The Kier molecular flexibility index (Phi) is 5.37. The van der Waals surface area contributed by atoms with Crippen LogP contribution >= 0.6 is 39.7 Å². The topological polar surface area (TPSA) is 79.5 Å². The van der Waals surface area contributed by atoms with E-state index in [0.717, 1.165) is 21.6 Å². The van der Waals surface area contributed by atoms with Crippen LogP contribution in [0.4, 0.5) is 0 Å². The molecule has 1 saturated heterocycles. The van der Waals surface area contributed by atoms with Gasteiger partial charge in [-0.25, -0.2) is 0 Å². The predicted molar refractivity (Wildman–Crippen MR) is 83.6 cm³/mol. The van der Waals surface area contributed by atoms with Crippen molar-refractivity contribution in [1.29, 1.82) is 0 Å². The van der Waals surface area contributed by atoms with Crippen molar-refractivity contribution >= 4 is 45.6 Å². The number of likely N-dealkylation sites (tertiary alicyclic amines) is 1. The number of rotatable bonds is 4. The van der Waals surface area contributed by atoms with E-state index < -0.39 is 12.0 Å². The lowest BCUT2D eigenvalue weighted by molar-refractivity contribution is -0.142. The molecule has 0 spiro atoms. The van der Waals surface area contributed by atoms with Crippen LogP contribution < -0.4 is 0 Å². The summed E-state index contributed by atoms with van der Waals surface area (Å²) in [6.07, 6.45) is 1.56. The summed E-state index contributed by atoms with van der Waals surface area (Å²) in [6, 6.07) is 3.40. The molecule has 2 aromatic heterocycles. The molecule has 1 N–H and O–H groups in total. The number of halogens is 2. The minimum atomic E-state index is -0.788. The molecule has 1 unspecified atom stereocenters. The van der Waals surface area contributed by atoms with Crippen molar-refractivity contribution in [2.24, 2.45) is 0 Å². The maximum absolute atomic E-state index is 11.1. The summed E-state index contributed by atoms with van der Waals surface area (Å²) in [5, 5.41) is 13.1. The molecule has 9 heteroatoms. The van der Waals surface area contributed by atoms with Crippen LogP contribution in [0.3, 0.4) is 0 Å². The molecule has 0 radical (unpaired) electrons. The van der Waals surface area contributed by atoms with Crippen molar-refractivity contribution in [3.05, 3.63) is 21.8 Å². The van der Waals surface area contributed by atoms with Gasteiger partial charge in [0, 0.05) is 0 Å².